The second kappa shape index (κ2) is 30.3. The largest absolute Gasteiger partial charge is 0.303 e. The van der Waals surface area contributed by atoms with Gasteiger partial charge in [-0.05, 0) is 38.5 Å². The molecule has 36 heavy (non-hydrogen) atoms. The maximum Gasteiger partial charge on any atom is 0.143 e. The summed E-state index contributed by atoms with van der Waals surface area (Å²) in [4.78, 5) is 23.8. The van der Waals surface area contributed by atoms with Crippen LogP contribution in [0.15, 0.2) is 12.2 Å². The molecule has 0 saturated heterocycles. The van der Waals surface area contributed by atoms with Gasteiger partial charge in [0.1, 0.15) is 12.1 Å². The molecule has 0 N–H and O–H groups in total. The van der Waals surface area contributed by atoms with Gasteiger partial charge in [0.2, 0.25) is 0 Å². The van der Waals surface area contributed by atoms with Crippen LogP contribution >= 0.6 is 0 Å². The standard InChI is InChI=1S/C34H64O2/c1-3-5-7-9-11-13-15-17-19-20-22-24-26-28-30-33(32-35)34(36)31-29-27-25-23-21-18-16-14-12-10-8-6-4-2/h17,19,32-33H,3-16,18,20-31H2,1-2H3. The molecule has 0 saturated carbocycles. The van der Waals surface area contributed by atoms with E-state index in [2.05, 4.69) is 26.0 Å². The highest BCUT2D eigenvalue weighted by molar-refractivity contribution is 5.93. The number of carbonyl (C=O) groups is 2. The SMILES string of the molecule is CCCCCCCCC=CCCCCCCC(C=O)C(=O)CCCCCCCCCCCCCCC. The first-order valence-corrected chi connectivity index (χ1v) is 16.4. The normalized spacial score (nSPS) is 12.4. The summed E-state index contributed by atoms with van der Waals surface area (Å²) >= 11 is 0. The zero-order valence-electron chi connectivity index (χ0n) is 24.7. The average Bonchev–Trinajstić information content (AvgIpc) is 2.89. The number of unbranched alkanes of at least 4 members (excludes halogenated alkanes) is 22. The third-order valence-electron chi connectivity index (χ3n) is 7.63. The fourth-order valence-corrected chi connectivity index (χ4v) is 5.07. The van der Waals surface area contributed by atoms with E-state index in [1.807, 2.05) is 0 Å². The van der Waals surface area contributed by atoms with E-state index in [4.69, 9.17) is 0 Å². The van der Waals surface area contributed by atoms with Crippen LogP contribution in [0.5, 0.6) is 0 Å². The van der Waals surface area contributed by atoms with Crippen molar-refractivity contribution in [1.82, 2.24) is 0 Å². The summed E-state index contributed by atoms with van der Waals surface area (Å²) in [6.45, 7) is 4.54. The monoisotopic (exact) mass is 504 g/mol. The number of ketones is 1. The number of allylic oxidation sites excluding steroid dienone is 2. The zero-order valence-corrected chi connectivity index (χ0v) is 24.7. The van der Waals surface area contributed by atoms with Gasteiger partial charge in [-0.3, -0.25) is 4.79 Å². The molecule has 0 aromatic carbocycles. The van der Waals surface area contributed by atoms with Crippen LogP contribution in [0, 0.1) is 5.92 Å². The highest BCUT2D eigenvalue weighted by Crippen LogP contribution is 2.16. The number of Topliss-reactive ketones (excluding diaryl/α,β-unsaturated/α-hetero) is 1. The number of hydrogen-bond donors (Lipinski definition) is 0. The maximum atomic E-state index is 12.4. The van der Waals surface area contributed by atoms with E-state index >= 15 is 0 Å². The van der Waals surface area contributed by atoms with Gasteiger partial charge in [0, 0.05) is 6.42 Å². The number of hydrogen-bond acceptors (Lipinski definition) is 2. The molecule has 1 unspecified atom stereocenters. The Bertz CT molecular complexity index is 482. The Hall–Kier alpha value is -0.920. The summed E-state index contributed by atoms with van der Waals surface area (Å²) in [6, 6.07) is 0. The minimum absolute atomic E-state index is 0.186. The van der Waals surface area contributed by atoms with Crippen molar-refractivity contribution in [2.24, 2.45) is 5.92 Å². The second-order valence-electron chi connectivity index (χ2n) is 11.2. The molecule has 0 bridgehead atoms. The van der Waals surface area contributed by atoms with E-state index in [-0.39, 0.29) is 11.7 Å². The quantitative estimate of drug-likeness (QED) is 0.0422. The lowest BCUT2D eigenvalue weighted by Gasteiger charge is -2.09. The van der Waals surface area contributed by atoms with Crippen molar-refractivity contribution >= 4 is 12.1 Å². The molecule has 0 aromatic heterocycles. The van der Waals surface area contributed by atoms with Gasteiger partial charge in [-0.25, -0.2) is 0 Å². The van der Waals surface area contributed by atoms with Crippen molar-refractivity contribution in [3.8, 4) is 0 Å². The van der Waals surface area contributed by atoms with E-state index in [1.165, 1.54) is 135 Å². The highest BCUT2D eigenvalue weighted by atomic mass is 16.1. The van der Waals surface area contributed by atoms with Crippen LogP contribution in [-0.2, 0) is 9.59 Å². The number of rotatable bonds is 30. The molecular formula is C34H64O2. The van der Waals surface area contributed by atoms with Crippen molar-refractivity contribution in [2.75, 3.05) is 0 Å². The van der Waals surface area contributed by atoms with Crippen molar-refractivity contribution < 1.29 is 9.59 Å². The molecule has 0 aliphatic rings. The predicted octanol–water partition coefficient (Wildman–Crippen LogP) is 11.5. The molecular weight excluding hydrogens is 440 g/mol. The summed E-state index contributed by atoms with van der Waals surface area (Å²) in [5, 5.41) is 0. The van der Waals surface area contributed by atoms with Gasteiger partial charge in [0.05, 0.1) is 5.92 Å². The molecule has 1 atom stereocenters. The molecule has 0 aliphatic heterocycles. The lowest BCUT2D eigenvalue weighted by Crippen LogP contribution is -2.15. The molecule has 0 spiro atoms. The molecule has 0 heterocycles. The first kappa shape index (κ1) is 35.1. The van der Waals surface area contributed by atoms with Crippen LogP contribution in [0.2, 0.25) is 0 Å². The Morgan fingerprint density at radius 2 is 0.861 bits per heavy atom. The van der Waals surface area contributed by atoms with Crippen LogP contribution in [0.4, 0.5) is 0 Å². The van der Waals surface area contributed by atoms with E-state index in [0.29, 0.717) is 6.42 Å². The first-order valence-electron chi connectivity index (χ1n) is 16.4. The van der Waals surface area contributed by atoms with E-state index < -0.39 is 0 Å². The third kappa shape index (κ3) is 26.2. The molecule has 0 amide bonds. The highest BCUT2D eigenvalue weighted by Gasteiger charge is 2.16. The van der Waals surface area contributed by atoms with Crippen LogP contribution < -0.4 is 0 Å². The maximum absolute atomic E-state index is 12.4. The van der Waals surface area contributed by atoms with Gasteiger partial charge in [-0.2, -0.15) is 0 Å². The summed E-state index contributed by atoms with van der Waals surface area (Å²) in [6.07, 6.45) is 39.3. The van der Waals surface area contributed by atoms with Crippen molar-refractivity contribution in [1.29, 1.82) is 0 Å². The van der Waals surface area contributed by atoms with Crippen molar-refractivity contribution in [3.05, 3.63) is 12.2 Å². The first-order chi connectivity index (χ1) is 17.8. The topological polar surface area (TPSA) is 34.1 Å². The van der Waals surface area contributed by atoms with Gasteiger partial charge in [-0.15, -0.1) is 0 Å². The number of carbonyl (C=O) groups excluding carboxylic acids is 2. The fraction of sp³-hybridized carbons (Fsp3) is 0.882. The number of aldehydes is 1. The summed E-state index contributed by atoms with van der Waals surface area (Å²) < 4.78 is 0. The van der Waals surface area contributed by atoms with Crippen molar-refractivity contribution in [3.63, 3.8) is 0 Å². The smallest absolute Gasteiger partial charge is 0.143 e. The van der Waals surface area contributed by atoms with Gasteiger partial charge in [-0.1, -0.05) is 154 Å². The summed E-state index contributed by atoms with van der Waals surface area (Å²) in [5.41, 5.74) is 0. The van der Waals surface area contributed by atoms with E-state index in [0.717, 1.165) is 38.4 Å². The predicted molar refractivity (Wildman–Crippen MR) is 160 cm³/mol. The minimum Gasteiger partial charge on any atom is -0.303 e. The molecule has 2 nitrogen and oxygen atoms in total. The molecule has 0 fully saturated rings. The Morgan fingerprint density at radius 3 is 1.28 bits per heavy atom. The second-order valence-corrected chi connectivity index (χ2v) is 11.2. The Labute approximate surface area is 226 Å². The van der Waals surface area contributed by atoms with Crippen LogP contribution in [-0.4, -0.2) is 12.1 Å². The molecule has 212 valence electrons. The lowest BCUT2D eigenvalue weighted by atomic mass is 9.94. The van der Waals surface area contributed by atoms with Crippen LogP contribution in [0.1, 0.15) is 187 Å². The molecule has 2 heteroatoms. The van der Waals surface area contributed by atoms with Gasteiger partial charge < -0.3 is 4.79 Å². The molecule has 0 aromatic rings. The van der Waals surface area contributed by atoms with E-state index in [1.54, 1.807) is 0 Å². The van der Waals surface area contributed by atoms with Crippen LogP contribution in [0.25, 0.3) is 0 Å². The summed E-state index contributed by atoms with van der Waals surface area (Å²) in [7, 11) is 0. The Balaban J connectivity index is 3.48. The zero-order chi connectivity index (χ0) is 26.4. The summed E-state index contributed by atoms with van der Waals surface area (Å²) in [5.74, 6) is -0.162. The molecule has 0 rings (SSSR count). The van der Waals surface area contributed by atoms with Gasteiger partial charge in [0.25, 0.3) is 0 Å². The molecule has 0 aliphatic carbocycles. The Kier molecular flexibility index (Phi) is 29.5. The Morgan fingerprint density at radius 1 is 0.500 bits per heavy atom. The van der Waals surface area contributed by atoms with Gasteiger partial charge in [0.15, 0.2) is 0 Å². The lowest BCUT2D eigenvalue weighted by molar-refractivity contribution is -0.127. The molecule has 0 radical (unpaired) electrons. The fourth-order valence-electron chi connectivity index (χ4n) is 5.07. The van der Waals surface area contributed by atoms with Crippen LogP contribution in [0.3, 0.4) is 0 Å². The van der Waals surface area contributed by atoms with Gasteiger partial charge >= 0.3 is 0 Å². The van der Waals surface area contributed by atoms with Crippen molar-refractivity contribution in [2.45, 2.75) is 187 Å². The average molecular weight is 505 g/mol. The van der Waals surface area contributed by atoms with E-state index in [9.17, 15) is 9.59 Å². The third-order valence-corrected chi connectivity index (χ3v) is 7.63. The minimum atomic E-state index is -0.348.